The number of hydrogen-bond acceptors (Lipinski definition) is 7. The Morgan fingerprint density at radius 3 is 2.52 bits per heavy atom. The summed E-state index contributed by atoms with van der Waals surface area (Å²) in [4.78, 5) is 0. The van der Waals surface area contributed by atoms with E-state index in [9.17, 15) is 20.4 Å². The average Bonchev–Trinajstić information content (AvgIpc) is 3.22. The van der Waals surface area contributed by atoms with Crippen molar-refractivity contribution in [2.75, 3.05) is 19.7 Å². The van der Waals surface area contributed by atoms with Crippen molar-refractivity contribution in [3.63, 3.8) is 0 Å². The molecule has 2 aliphatic rings. The zero-order valence-corrected chi connectivity index (χ0v) is 14.9. The lowest BCUT2D eigenvalue weighted by atomic mass is 9.92. The van der Waals surface area contributed by atoms with Crippen molar-refractivity contribution in [1.82, 2.24) is 5.32 Å². The minimum absolute atomic E-state index is 0.369. The highest BCUT2D eigenvalue weighted by atomic mass is 16.7. The fourth-order valence-corrected chi connectivity index (χ4v) is 3.98. The van der Waals surface area contributed by atoms with Crippen LogP contribution in [-0.2, 0) is 4.74 Å². The molecule has 0 saturated carbocycles. The minimum Gasteiger partial charge on any atom is -0.461 e. The molecule has 0 spiro atoms. The van der Waals surface area contributed by atoms with E-state index in [1.807, 2.05) is 24.3 Å². The average molecular weight is 375 g/mol. The van der Waals surface area contributed by atoms with Crippen LogP contribution in [-0.4, -0.2) is 70.8 Å². The lowest BCUT2D eigenvalue weighted by Crippen LogP contribution is -2.60. The molecule has 2 fully saturated rings. The molecule has 0 unspecified atom stereocenters. The Labute approximate surface area is 157 Å². The van der Waals surface area contributed by atoms with Crippen molar-refractivity contribution in [3.05, 3.63) is 42.0 Å². The van der Waals surface area contributed by atoms with E-state index in [0.717, 1.165) is 35.8 Å². The Hall–Kier alpha value is -1.74. The second-order valence-electron chi connectivity index (χ2n) is 7.21. The molecule has 0 aromatic heterocycles. The number of benzene rings is 2. The van der Waals surface area contributed by atoms with Crippen LogP contribution in [0.15, 0.2) is 36.4 Å². The zero-order valence-electron chi connectivity index (χ0n) is 14.9. The van der Waals surface area contributed by atoms with Gasteiger partial charge in [-0.25, -0.2) is 0 Å². The topological polar surface area (TPSA) is 111 Å². The first-order valence-corrected chi connectivity index (χ1v) is 9.29. The van der Waals surface area contributed by atoms with Crippen LogP contribution in [0.5, 0.6) is 5.75 Å². The Morgan fingerprint density at radius 2 is 1.81 bits per heavy atom. The largest absolute Gasteiger partial charge is 0.461 e. The molecule has 6 atom stereocenters. The highest BCUT2D eigenvalue weighted by Crippen LogP contribution is 2.37. The molecule has 5 N–H and O–H groups in total. The number of nitrogens with one attached hydrogen (secondary N) is 1. The first-order valence-electron chi connectivity index (χ1n) is 9.29. The lowest BCUT2D eigenvalue weighted by molar-refractivity contribution is -0.277. The van der Waals surface area contributed by atoms with E-state index in [0.29, 0.717) is 11.7 Å². The number of aliphatic hydroxyl groups excluding tert-OH is 4. The van der Waals surface area contributed by atoms with Crippen molar-refractivity contribution >= 4 is 10.8 Å². The molecule has 2 saturated heterocycles. The van der Waals surface area contributed by atoms with Gasteiger partial charge in [-0.1, -0.05) is 30.3 Å². The quantitative estimate of drug-likeness (QED) is 0.515. The van der Waals surface area contributed by atoms with Gasteiger partial charge in [0.2, 0.25) is 6.29 Å². The van der Waals surface area contributed by atoms with Gasteiger partial charge in [0.1, 0.15) is 30.2 Å². The zero-order chi connectivity index (χ0) is 19.0. The molecule has 0 radical (unpaired) electrons. The standard InChI is InChI=1S/C20H25NO6/c22-10-15-17(23)18(24)19(25)20(27-15)26-14-6-2-4-11-3-1-5-13(16(11)14)12-7-8-21-9-12/h1-6,12,15,17-25H,7-10H2/t12-,15-,17-,18-,19-,20-/m1/s1. The first-order chi connectivity index (χ1) is 13.1. The van der Waals surface area contributed by atoms with Crippen LogP contribution in [0.25, 0.3) is 10.8 Å². The van der Waals surface area contributed by atoms with Crippen molar-refractivity contribution in [2.45, 2.75) is 43.0 Å². The maximum atomic E-state index is 10.3. The predicted molar refractivity (Wildman–Crippen MR) is 98.6 cm³/mol. The molecule has 0 amide bonds. The maximum Gasteiger partial charge on any atom is 0.229 e. The van der Waals surface area contributed by atoms with Gasteiger partial charge in [-0.15, -0.1) is 0 Å². The Bertz CT molecular complexity index is 786. The predicted octanol–water partition coefficient (Wildman–Crippen LogP) is 0.0954. The van der Waals surface area contributed by atoms with Crippen molar-refractivity contribution < 1.29 is 29.9 Å². The minimum atomic E-state index is -1.46. The van der Waals surface area contributed by atoms with E-state index < -0.39 is 37.3 Å². The highest BCUT2D eigenvalue weighted by Gasteiger charge is 2.44. The molecule has 0 bridgehead atoms. The second-order valence-corrected chi connectivity index (χ2v) is 7.21. The third-order valence-corrected chi connectivity index (χ3v) is 5.49. The van der Waals surface area contributed by atoms with Crippen LogP contribution in [0, 0.1) is 0 Å². The van der Waals surface area contributed by atoms with Crippen LogP contribution >= 0.6 is 0 Å². The summed E-state index contributed by atoms with van der Waals surface area (Å²) >= 11 is 0. The molecule has 2 aromatic rings. The van der Waals surface area contributed by atoms with Crippen LogP contribution < -0.4 is 10.1 Å². The van der Waals surface area contributed by atoms with Crippen molar-refractivity contribution in [3.8, 4) is 5.75 Å². The number of fused-ring (bicyclic) bond motifs is 1. The molecular weight excluding hydrogens is 350 g/mol. The fourth-order valence-electron chi connectivity index (χ4n) is 3.98. The number of aliphatic hydroxyl groups is 4. The summed E-state index contributed by atoms with van der Waals surface area (Å²) in [6, 6.07) is 11.8. The van der Waals surface area contributed by atoms with Gasteiger partial charge in [-0.3, -0.25) is 0 Å². The van der Waals surface area contributed by atoms with E-state index >= 15 is 0 Å². The molecular formula is C20H25NO6. The Balaban J connectivity index is 1.69. The summed E-state index contributed by atoms with van der Waals surface area (Å²) in [6.07, 6.45) is -5.46. The molecule has 2 heterocycles. The summed E-state index contributed by atoms with van der Waals surface area (Å²) in [6.45, 7) is 1.38. The second kappa shape index (κ2) is 7.71. The molecule has 2 aromatic carbocycles. The summed E-state index contributed by atoms with van der Waals surface area (Å²) in [5, 5.41) is 44.9. The molecule has 7 heteroatoms. The van der Waals surface area contributed by atoms with Crippen LogP contribution in [0.1, 0.15) is 17.9 Å². The Morgan fingerprint density at radius 1 is 1.04 bits per heavy atom. The van der Waals surface area contributed by atoms with Gasteiger partial charge in [-0.05, 0) is 35.9 Å². The third kappa shape index (κ3) is 3.42. The number of ether oxygens (including phenoxy) is 2. The van der Waals surface area contributed by atoms with E-state index in [1.54, 1.807) is 6.07 Å². The number of hydrogen-bond donors (Lipinski definition) is 5. The van der Waals surface area contributed by atoms with Gasteiger partial charge < -0.3 is 35.2 Å². The van der Waals surface area contributed by atoms with Gasteiger partial charge in [0, 0.05) is 11.9 Å². The summed E-state index contributed by atoms with van der Waals surface area (Å²) in [7, 11) is 0. The molecule has 2 aliphatic heterocycles. The molecule has 7 nitrogen and oxygen atoms in total. The van der Waals surface area contributed by atoms with E-state index in [2.05, 4.69) is 11.4 Å². The summed E-state index contributed by atoms with van der Waals surface area (Å²) in [5.41, 5.74) is 1.16. The summed E-state index contributed by atoms with van der Waals surface area (Å²) in [5.74, 6) is 0.910. The first kappa shape index (κ1) is 18.6. The normalized spacial score (nSPS) is 34.1. The van der Waals surface area contributed by atoms with Gasteiger partial charge >= 0.3 is 0 Å². The van der Waals surface area contributed by atoms with Gasteiger partial charge in [0.15, 0.2) is 0 Å². The van der Waals surface area contributed by atoms with Crippen LogP contribution in [0.4, 0.5) is 0 Å². The summed E-state index contributed by atoms with van der Waals surface area (Å²) < 4.78 is 11.5. The van der Waals surface area contributed by atoms with Crippen molar-refractivity contribution in [1.29, 1.82) is 0 Å². The van der Waals surface area contributed by atoms with Crippen molar-refractivity contribution in [2.24, 2.45) is 0 Å². The van der Waals surface area contributed by atoms with Crippen LogP contribution in [0.2, 0.25) is 0 Å². The van der Waals surface area contributed by atoms with E-state index in [1.165, 1.54) is 0 Å². The molecule has 0 aliphatic carbocycles. The van der Waals surface area contributed by atoms with Gasteiger partial charge in [0.05, 0.1) is 6.61 Å². The van der Waals surface area contributed by atoms with Crippen LogP contribution in [0.3, 0.4) is 0 Å². The molecule has 4 rings (SSSR count). The highest BCUT2D eigenvalue weighted by molar-refractivity contribution is 5.92. The maximum absolute atomic E-state index is 10.3. The SMILES string of the molecule is OC[C@H]1O[C@@H](Oc2cccc3cccc([C@@H]4CCNC4)c23)[C@H](O)[C@H](O)[C@@H]1O. The van der Waals surface area contributed by atoms with Gasteiger partial charge in [-0.2, -0.15) is 0 Å². The van der Waals surface area contributed by atoms with Gasteiger partial charge in [0.25, 0.3) is 0 Å². The smallest absolute Gasteiger partial charge is 0.229 e. The number of rotatable bonds is 4. The molecule has 146 valence electrons. The lowest BCUT2D eigenvalue weighted by Gasteiger charge is -2.39. The third-order valence-electron chi connectivity index (χ3n) is 5.49. The van der Waals surface area contributed by atoms with E-state index in [4.69, 9.17) is 9.47 Å². The Kier molecular flexibility index (Phi) is 5.32. The monoisotopic (exact) mass is 375 g/mol. The van der Waals surface area contributed by atoms with E-state index in [-0.39, 0.29) is 0 Å². The molecule has 27 heavy (non-hydrogen) atoms. The fraction of sp³-hybridized carbons (Fsp3) is 0.500.